The monoisotopic (exact) mass is 472 g/mol. The minimum absolute atomic E-state index is 0.374. The Morgan fingerprint density at radius 2 is 1.39 bits per heavy atom. The molecule has 7 rings (SSSR count). The summed E-state index contributed by atoms with van der Waals surface area (Å²) in [6.07, 6.45) is 0. The lowest BCUT2D eigenvalue weighted by Crippen LogP contribution is -2.61. The van der Waals surface area contributed by atoms with Crippen LogP contribution in [0.1, 0.15) is 28.2 Å². The van der Waals surface area contributed by atoms with Crippen LogP contribution in [0.4, 0.5) is 5.69 Å². The van der Waals surface area contributed by atoms with Gasteiger partial charge < -0.3 is 9.90 Å². The van der Waals surface area contributed by atoms with Gasteiger partial charge in [0.05, 0.1) is 28.9 Å². The van der Waals surface area contributed by atoms with Crippen molar-refractivity contribution >= 4 is 39.4 Å². The molecule has 2 amide bonds. The number of halogens is 1. The van der Waals surface area contributed by atoms with Crippen LogP contribution in [-0.4, -0.2) is 17.8 Å². The predicted octanol–water partition coefficient (Wildman–Crippen LogP) is 2.75. The van der Waals surface area contributed by atoms with Gasteiger partial charge in [-0.1, -0.05) is 60.7 Å². The number of hydrogen-bond acceptors (Lipinski definition) is 4. The molecule has 3 aromatic carbocycles. The van der Waals surface area contributed by atoms with E-state index >= 15 is 0 Å². The van der Waals surface area contributed by atoms with Gasteiger partial charge in [-0.3, -0.25) is 9.59 Å². The van der Waals surface area contributed by atoms with Crippen molar-refractivity contribution in [3.63, 3.8) is 0 Å². The number of para-hydroxylation sites is 1. The summed E-state index contributed by atoms with van der Waals surface area (Å²) >= 11 is 3.43. The van der Waals surface area contributed by atoms with Crippen LogP contribution in [0.2, 0.25) is 0 Å². The summed E-state index contributed by atoms with van der Waals surface area (Å²) in [4.78, 5) is 41.7. The Labute approximate surface area is 186 Å². The molecule has 152 valence electrons. The van der Waals surface area contributed by atoms with E-state index in [2.05, 4.69) is 15.9 Å². The fourth-order valence-corrected chi connectivity index (χ4v) is 6.45. The molecule has 1 saturated heterocycles. The topological polar surface area (TPSA) is 77.5 Å². The SMILES string of the molecule is O=C1C2C3c4ccccc4C(C(=O)[O-])(c4ccccc43)C2C(=O)N1c1ccccc1Br. The van der Waals surface area contributed by atoms with E-state index in [0.717, 1.165) is 16.0 Å². The molecule has 0 aromatic heterocycles. The highest BCUT2D eigenvalue weighted by Crippen LogP contribution is 2.64. The smallest absolute Gasteiger partial charge is 0.239 e. The first-order valence-corrected chi connectivity index (χ1v) is 10.8. The second-order valence-electron chi connectivity index (χ2n) is 8.21. The van der Waals surface area contributed by atoms with E-state index in [1.165, 1.54) is 0 Å². The molecule has 5 nitrogen and oxygen atoms in total. The molecule has 0 radical (unpaired) electrons. The number of carbonyl (C=O) groups is 3. The van der Waals surface area contributed by atoms with Gasteiger partial charge in [-0.25, -0.2) is 4.90 Å². The number of nitrogens with zero attached hydrogens (tertiary/aromatic N) is 1. The summed E-state index contributed by atoms with van der Waals surface area (Å²) in [5.74, 6) is -4.48. The number of carboxylic acids is 1. The Kier molecular flexibility index (Phi) is 3.67. The molecular weight excluding hydrogens is 458 g/mol. The largest absolute Gasteiger partial charge is 0.549 e. The molecule has 1 aliphatic heterocycles. The number of imide groups is 1. The fourth-order valence-electron chi connectivity index (χ4n) is 5.99. The summed E-state index contributed by atoms with van der Waals surface area (Å²) in [5.41, 5.74) is 1.37. The van der Waals surface area contributed by atoms with Crippen LogP contribution in [0, 0.1) is 11.8 Å². The Morgan fingerprint density at radius 3 is 1.97 bits per heavy atom. The Balaban J connectivity index is 1.69. The molecular formula is C25H15BrNO4-. The van der Waals surface area contributed by atoms with Gasteiger partial charge in [0.25, 0.3) is 0 Å². The van der Waals surface area contributed by atoms with Gasteiger partial charge >= 0.3 is 0 Å². The number of carboxylic acid groups (broad SMARTS) is 1. The number of amides is 2. The standard InChI is InChI=1S/C25H16BrNO4/c26-17-11-5-6-12-18(17)27-22(28)20-19-13-7-1-3-9-15(13)25(24(30)31,21(20)23(27)29)16-10-4-2-8-14(16)19/h1-12,19-21H,(H,30,31)/p-1. The molecule has 3 aliphatic carbocycles. The van der Waals surface area contributed by atoms with Gasteiger partial charge in [0.15, 0.2) is 0 Å². The van der Waals surface area contributed by atoms with Crippen LogP contribution >= 0.6 is 15.9 Å². The zero-order valence-electron chi connectivity index (χ0n) is 16.1. The molecule has 2 atom stereocenters. The predicted molar refractivity (Wildman–Crippen MR) is 114 cm³/mol. The maximum absolute atomic E-state index is 13.8. The van der Waals surface area contributed by atoms with Crippen LogP contribution in [-0.2, 0) is 19.8 Å². The molecule has 3 aromatic rings. The highest BCUT2D eigenvalue weighted by Gasteiger charge is 2.69. The molecule has 0 spiro atoms. The average molecular weight is 473 g/mol. The fraction of sp³-hybridized carbons (Fsp3) is 0.160. The van der Waals surface area contributed by atoms with Crippen molar-refractivity contribution in [2.75, 3.05) is 4.90 Å². The van der Waals surface area contributed by atoms with Gasteiger partial charge in [-0.2, -0.15) is 0 Å². The van der Waals surface area contributed by atoms with E-state index in [1.807, 2.05) is 24.3 Å². The third-order valence-electron chi connectivity index (χ3n) is 7.03. The summed E-state index contributed by atoms with van der Waals surface area (Å²) in [7, 11) is 0. The van der Waals surface area contributed by atoms with Crippen molar-refractivity contribution < 1.29 is 19.5 Å². The third-order valence-corrected chi connectivity index (χ3v) is 7.70. The van der Waals surface area contributed by atoms with Crippen LogP contribution < -0.4 is 10.0 Å². The number of benzene rings is 3. The lowest BCUT2D eigenvalue weighted by molar-refractivity contribution is -0.314. The van der Waals surface area contributed by atoms with Crippen LogP contribution in [0.15, 0.2) is 77.3 Å². The zero-order chi connectivity index (χ0) is 21.5. The van der Waals surface area contributed by atoms with Crippen molar-refractivity contribution in [1.29, 1.82) is 0 Å². The average Bonchev–Trinajstić information content (AvgIpc) is 3.05. The van der Waals surface area contributed by atoms with Gasteiger partial charge in [-0.05, 0) is 50.3 Å². The number of aliphatic carboxylic acids is 1. The summed E-state index contributed by atoms with van der Waals surface area (Å²) in [6.45, 7) is 0. The van der Waals surface area contributed by atoms with E-state index in [1.54, 1.807) is 48.5 Å². The first kappa shape index (κ1) is 18.5. The number of rotatable bonds is 2. The minimum atomic E-state index is -1.71. The van der Waals surface area contributed by atoms with Crippen molar-refractivity contribution in [2.24, 2.45) is 11.8 Å². The van der Waals surface area contributed by atoms with Crippen molar-refractivity contribution in [3.8, 4) is 0 Å². The van der Waals surface area contributed by atoms with E-state index in [0.29, 0.717) is 21.3 Å². The van der Waals surface area contributed by atoms with E-state index in [-0.39, 0.29) is 11.8 Å². The molecule has 4 aliphatic rings. The van der Waals surface area contributed by atoms with Crippen molar-refractivity contribution in [2.45, 2.75) is 11.3 Å². The lowest BCUT2D eigenvalue weighted by atomic mass is 9.47. The molecule has 31 heavy (non-hydrogen) atoms. The first-order chi connectivity index (χ1) is 15.0. The van der Waals surface area contributed by atoms with Gasteiger partial charge in [0.1, 0.15) is 0 Å². The zero-order valence-corrected chi connectivity index (χ0v) is 17.7. The second-order valence-corrected chi connectivity index (χ2v) is 9.07. The maximum Gasteiger partial charge on any atom is 0.239 e. The van der Waals surface area contributed by atoms with Crippen LogP contribution in [0.5, 0.6) is 0 Å². The van der Waals surface area contributed by atoms with Crippen LogP contribution in [0.25, 0.3) is 0 Å². The lowest BCUT2D eigenvalue weighted by Gasteiger charge is -2.54. The second kappa shape index (κ2) is 6.14. The van der Waals surface area contributed by atoms with Gasteiger partial charge in [0.2, 0.25) is 11.8 Å². The highest BCUT2D eigenvalue weighted by atomic mass is 79.9. The molecule has 0 saturated carbocycles. The van der Waals surface area contributed by atoms with E-state index < -0.39 is 29.1 Å². The van der Waals surface area contributed by atoms with Crippen LogP contribution in [0.3, 0.4) is 0 Å². The molecule has 2 unspecified atom stereocenters. The first-order valence-electron chi connectivity index (χ1n) is 10.0. The van der Waals surface area contributed by atoms with Crippen molar-refractivity contribution in [1.82, 2.24) is 0 Å². The third kappa shape index (κ3) is 2.03. The molecule has 6 heteroatoms. The molecule has 0 N–H and O–H groups in total. The Morgan fingerprint density at radius 1 is 0.839 bits per heavy atom. The highest BCUT2D eigenvalue weighted by molar-refractivity contribution is 9.10. The van der Waals surface area contributed by atoms with Gasteiger partial charge in [0, 0.05) is 10.4 Å². The number of carbonyl (C=O) groups excluding carboxylic acids is 3. The Bertz CT molecular complexity index is 1270. The summed E-state index contributed by atoms with van der Waals surface area (Å²) in [6, 6.07) is 21.4. The summed E-state index contributed by atoms with van der Waals surface area (Å²) in [5, 5.41) is 13.0. The van der Waals surface area contributed by atoms with Gasteiger partial charge in [-0.15, -0.1) is 0 Å². The molecule has 2 bridgehead atoms. The van der Waals surface area contributed by atoms with E-state index in [9.17, 15) is 19.5 Å². The number of anilines is 1. The van der Waals surface area contributed by atoms with Crippen molar-refractivity contribution in [3.05, 3.63) is 99.5 Å². The molecule has 1 heterocycles. The maximum atomic E-state index is 13.8. The molecule has 1 fully saturated rings. The number of hydrogen-bond donors (Lipinski definition) is 0. The normalized spacial score (nSPS) is 27.6. The van der Waals surface area contributed by atoms with E-state index in [4.69, 9.17) is 0 Å². The quantitative estimate of drug-likeness (QED) is 0.537. The summed E-state index contributed by atoms with van der Waals surface area (Å²) < 4.78 is 0.597. The Hall–Kier alpha value is -3.25. The minimum Gasteiger partial charge on any atom is -0.549 e.